The van der Waals surface area contributed by atoms with Crippen LogP contribution in [0, 0.1) is 0 Å². The van der Waals surface area contributed by atoms with Gasteiger partial charge in [0.2, 0.25) is 5.88 Å². The Kier molecular flexibility index (Phi) is 4.31. The fraction of sp³-hybridized carbons (Fsp3) is 0.625. The number of fused-ring (bicyclic) bond motifs is 1. The first-order valence-electron chi connectivity index (χ1n) is 8.03. The molecule has 0 bridgehead atoms. The normalized spacial score (nSPS) is 21.9. The van der Waals surface area contributed by atoms with Gasteiger partial charge in [0, 0.05) is 18.3 Å². The molecule has 0 N–H and O–H groups in total. The van der Waals surface area contributed by atoms with Crippen LogP contribution in [0.15, 0.2) is 6.07 Å². The summed E-state index contributed by atoms with van der Waals surface area (Å²) >= 11 is 0. The lowest BCUT2D eigenvalue weighted by molar-refractivity contribution is 0.0704. The maximum atomic E-state index is 13.0. The minimum Gasteiger partial charge on any atom is -0.480 e. The first-order chi connectivity index (χ1) is 10.9. The van der Waals surface area contributed by atoms with Gasteiger partial charge < -0.3 is 9.64 Å². The molecule has 1 aromatic rings. The molecule has 23 heavy (non-hydrogen) atoms. The average Bonchev–Trinajstić information content (AvgIpc) is 3.12. The lowest BCUT2D eigenvalue weighted by Crippen LogP contribution is -2.41. The van der Waals surface area contributed by atoms with Gasteiger partial charge in [0.05, 0.1) is 18.6 Å². The smallest absolute Gasteiger partial charge is 0.259 e. The van der Waals surface area contributed by atoms with Crippen molar-refractivity contribution in [2.75, 3.05) is 25.2 Å². The summed E-state index contributed by atoms with van der Waals surface area (Å²) in [5.41, 5.74) is 2.55. The molecule has 1 saturated heterocycles. The Morgan fingerprint density at radius 1 is 1.43 bits per heavy atom. The Bertz CT molecular complexity index is 730. The number of pyridine rings is 1. The highest BCUT2D eigenvalue weighted by Gasteiger charge is 2.35. The average molecular weight is 338 g/mol. The molecule has 1 fully saturated rings. The number of sulfone groups is 1. The zero-order valence-corrected chi connectivity index (χ0v) is 14.4. The molecule has 1 aliphatic heterocycles. The van der Waals surface area contributed by atoms with Crippen molar-refractivity contribution < 1.29 is 17.9 Å². The highest BCUT2D eigenvalue weighted by atomic mass is 32.2. The van der Waals surface area contributed by atoms with Gasteiger partial charge in [-0.15, -0.1) is 0 Å². The van der Waals surface area contributed by atoms with Crippen molar-refractivity contribution in [3.63, 3.8) is 0 Å². The van der Waals surface area contributed by atoms with Crippen molar-refractivity contribution in [2.24, 2.45) is 0 Å². The van der Waals surface area contributed by atoms with Gasteiger partial charge in [-0.05, 0) is 44.2 Å². The summed E-state index contributed by atoms with van der Waals surface area (Å²) < 4.78 is 28.8. The van der Waals surface area contributed by atoms with E-state index in [0.29, 0.717) is 24.4 Å². The van der Waals surface area contributed by atoms with Crippen LogP contribution in [0.5, 0.6) is 5.88 Å². The molecule has 6 nitrogen and oxygen atoms in total. The topological polar surface area (TPSA) is 76.6 Å². The minimum absolute atomic E-state index is 0.0489. The van der Waals surface area contributed by atoms with E-state index >= 15 is 0 Å². The van der Waals surface area contributed by atoms with E-state index in [2.05, 4.69) is 4.98 Å². The summed E-state index contributed by atoms with van der Waals surface area (Å²) in [7, 11) is -1.52. The van der Waals surface area contributed by atoms with Crippen molar-refractivity contribution in [2.45, 2.75) is 38.6 Å². The summed E-state index contributed by atoms with van der Waals surface area (Å²) in [5.74, 6) is 0.359. The first kappa shape index (κ1) is 16.2. The van der Waals surface area contributed by atoms with E-state index in [1.807, 2.05) is 13.0 Å². The molecule has 1 aromatic heterocycles. The molecular weight excluding hydrogens is 316 g/mol. The highest BCUT2D eigenvalue weighted by Crippen LogP contribution is 2.29. The first-order valence-corrected chi connectivity index (χ1v) is 9.85. The highest BCUT2D eigenvalue weighted by molar-refractivity contribution is 7.91. The molecule has 1 aliphatic carbocycles. The second kappa shape index (κ2) is 6.11. The number of methoxy groups -OCH3 is 1. The van der Waals surface area contributed by atoms with E-state index in [1.165, 1.54) is 7.11 Å². The number of ether oxygens (including phenoxy) is 1. The van der Waals surface area contributed by atoms with Gasteiger partial charge in [0.25, 0.3) is 5.91 Å². The summed E-state index contributed by atoms with van der Waals surface area (Å²) in [6.07, 6.45) is 3.39. The fourth-order valence-corrected chi connectivity index (χ4v) is 5.24. The van der Waals surface area contributed by atoms with Crippen LogP contribution in [-0.2, 0) is 22.7 Å². The molecule has 2 aliphatic rings. The standard InChI is InChI=1S/C16H22N2O4S/c1-3-18(12-7-8-23(20,21)10-12)16(19)13-9-11-5-4-6-14(11)17-15(13)22-2/h9,12H,3-8,10H2,1-2H3/t12-/m0/s1. The molecule has 0 spiro atoms. The number of carbonyl (C=O) groups excluding carboxylic acids is 1. The van der Waals surface area contributed by atoms with Crippen LogP contribution < -0.4 is 4.74 Å². The Morgan fingerprint density at radius 2 is 2.22 bits per heavy atom. The largest absolute Gasteiger partial charge is 0.480 e. The van der Waals surface area contributed by atoms with Gasteiger partial charge in [0.15, 0.2) is 9.84 Å². The van der Waals surface area contributed by atoms with Crippen molar-refractivity contribution in [1.82, 2.24) is 9.88 Å². The van der Waals surface area contributed by atoms with Crippen LogP contribution in [0.25, 0.3) is 0 Å². The molecule has 0 unspecified atom stereocenters. The number of aryl methyl sites for hydroxylation is 2. The van der Waals surface area contributed by atoms with E-state index in [9.17, 15) is 13.2 Å². The van der Waals surface area contributed by atoms with Crippen LogP contribution in [0.3, 0.4) is 0 Å². The molecular formula is C16H22N2O4S. The van der Waals surface area contributed by atoms with Gasteiger partial charge in [-0.2, -0.15) is 0 Å². The second-order valence-corrected chi connectivity index (χ2v) is 8.38. The maximum absolute atomic E-state index is 13.0. The Balaban J connectivity index is 1.92. The Morgan fingerprint density at radius 3 is 2.83 bits per heavy atom. The van der Waals surface area contributed by atoms with Crippen LogP contribution in [0.2, 0.25) is 0 Å². The molecule has 3 rings (SSSR count). The number of aromatic nitrogens is 1. The van der Waals surface area contributed by atoms with E-state index in [0.717, 1.165) is 30.5 Å². The summed E-state index contributed by atoms with van der Waals surface area (Å²) in [6, 6.07) is 1.62. The van der Waals surface area contributed by atoms with Gasteiger partial charge in [0.1, 0.15) is 5.56 Å². The third-order valence-electron chi connectivity index (χ3n) is 4.69. The van der Waals surface area contributed by atoms with Crippen molar-refractivity contribution in [3.05, 3.63) is 22.9 Å². The predicted molar refractivity (Wildman–Crippen MR) is 86.6 cm³/mol. The quantitative estimate of drug-likeness (QED) is 0.825. The number of hydrogen-bond donors (Lipinski definition) is 0. The molecule has 126 valence electrons. The zero-order chi connectivity index (χ0) is 16.6. The monoisotopic (exact) mass is 338 g/mol. The molecule has 7 heteroatoms. The van der Waals surface area contributed by atoms with Crippen molar-refractivity contribution in [1.29, 1.82) is 0 Å². The second-order valence-electron chi connectivity index (χ2n) is 6.15. The number of nitrogens with zero attached hydrogens (tertiary/aromatic N) is 2. The lowest BCUT2D eigenvalue weighted by atomic mass is 10.1. The lowest BCUT2D eigenvalue weighted by Gasteiger charge is -2.27. The SMILES string of the molecule is CCN(C(=O)c1cc2c(nc1OC)CCC2)[C@H]1CCS(=O)(=O)C1. The van der Waals surface area contributed by atoms with Crippen molar-refractivity contribution >= 4 is 15.7 Å². The van der Waals surface area contributed by atoms with Crippen molar-refractivity contribution in [3.8, 4) is 5.88 Å². The van der Waals surface area contributed by atoms with Gasteiger partial charge in [-0.1, -0.05) is 0 Å². The molecule has 0 aromatic carbocycles. The number of carbonyl (C=O) groups is 1. The Hall–Kier alpha value is -1.63. The summed E-state index contributed by atoms with van der Waals surface area (Å²) in [5, 5.41) is 0. The number of rotatable bonds is 4. The maximum Gasteiger partial charge on any atom is 0.259 e. The molecule has 0 saturated carbocycles. The Labute approximate surface area is 136 Å². The number of hydrogen-bond acceptors (Lipinski definition) is 5. The van der Waals surface area contributed by atoms with Crippen LogP contribution in [-0.4, -0.2) is 55.4 Å². The zero-order valence-electron chi connectivity index (χ0n) is 13.5. The van der Waals surface area contributed by atoms with E-state index in [1.54, 1.807) is 4.90 Å². The summed E-state index contributed by atoms with van der Waals surface area (Å²) in [6.45, 7) is 2.34. The van der Waals surface area contributed by atoms with E-state index in [-0.39, 0.29) is 23.5 Å². The fourth-order valence-electron chi connectivity index (χ4n) is 3.51. The minimum atomic E-state index is -3.03. The van der Waals surface area contributed by atoms with Gasteiger partial charge in [-0.3, -0.25) is 4.79 Å². The third-order valence-corrected chi connectivity index (χ3v) is 6.44. The van der Waals surface area contributed by atoms with Gasteiger partial charge in [-0.25, -0.2) is 13.4 Å². The van der Waals surface area contributed by atoms with Gasteiger partial charge >= 0.3 is 0 Å². The van der Waals surface area contributed by atoms with E-state index < -0.39 is 9.84 Å². The van der Waals surface area contributed by atoms with Crippen LogP contribution in [0.1, 0.15) is 41.4 Å². The predicted octanol–water partition coefficient (Wildman–Crippen LogP) is 1.23. The van der Waals surface area contributed by atoms with Crippen LogP contribution >= 0.6 is 0 Å². The molecule has 2 heterocycles. The third kappa shape index (κ3) is 3.06. The van der Waals surface area contributed by atoms with Crippen LogP contribution in [0.4, 0.5) is 0 Å². The summed E-state index contributed by atoms with van der Waals surface area (Å²) in [4.78, 5) is 19.1. The molecule has 1 atom stereocenters. The number of amides is 1. The molecule has 0 radical (unpaired) electrons. The van der Waals surface area contributed by atoms with E-state index in [4.69, 9.17) is 4.74 Å². The molecule has 1 amide bonds.